The van der Waals surface area contributed by atoms with Crippen molar-refractivity contribution in [3.8, 4) is 0 Å². The van der Waals surface area contributed by atoms with E-state index in [-0.39, 0.29) is 33.8 Å². The Balaban J connectivity index is 1.66. The van der Waals surface area contributed by atoms with Crippen molar-refractivity contribution in [2.24, 2.45) is 11.3 Å². The molecule has 0 bridgehead atoms. The van der Waals surface area contributed by atoms with E-state index in [4.69, 9.17) is 15.7 Å². The number of ketones is 1. The van der Waals surface area contributed by atoms with Crippen LogP contribution in [0.5, 0.6) is 0 Å². The summed E-state index contributed by atoms with van der Waals surface area (Å²) in [5.74, 6) is -0.605. The number of nitrogens with one attached hydrogen (secondary N) is 1. The van der Waals surface area contributed by atoms with Gasteiger partial charge in [0.1, 0.15) is 5.69 Å². The molecule has 6 heteroatoms. The lowest BCUT2D eigenvalue weighted by Gasteiger charge is -2.05. The molecule has 2 aliphatic rings. The highest BCUT2D eigenvalue weighted by Crippen LogP contribution is 2.70. The average molecular weight is 283 g/mol. The van der Waals surface area contributed by atoms with Gasteiger partial charge in [0.25, 0.3) is 0 Å². The van der Waals surface area contributed by atoms with Crippen LogP contribution in [0, 0.1) is 11.3 Å². The number of aromatic nitrogens is 2. The van der Waals surface area contributed by atoms with Crippen LogP contribution in [0.25, 0.3) is 0 Å². The molecule has 100 valence electrons. The fourth-order valence-corrected chi connectivity index (χ4v) is 2.59. The Morgan fingerprint density at radius 3 is 2.95 bits per heavy atom. The molecule has 1 aromatic heterocycles. The molecule has 1 amide bonds. The molecule has 2 aliphatic carbocycles. The highest BCUT2D eigenvalue weighted by Gasteiger charge is 2.65. The second-order valence-corrected chi connectivity index (χ2v) is 5.54. The van der Waals surface area contributed by atoms with Gasteiger partial charge >= 0.3 is 0 Å². The van der Waals surface area contributed by atoms with Gasteiger partial charge in [-0.05, 0) is 24.7 Å². The number of hydrogen-bond acceptors (Lipinski definition) is 4. The zero-order valence-corrected chi connectivity index (χ0v) is 10.8. The number of nitrogens with zero attached hydrogens (tertiary/aromatic N) is 2. The van der Waals surface area contributed by atoms with Gasteiger partial charge in [-0.15, -0.1) is 10.2 Å². The normalized spacial score (nSPS) is 25.1. The lowest BCUT2D eigenvalue weighted by atomic mass is 10.2. The highest BCUT2D eigenvalue weighted by atomic mass is 35.5. The van der Waals surface area contributed by atoms with Crippen LogP contribution in [-0.4, -0.2) is 21.9 Å². The summed E-state index contributed by atoms with van der Waals surface area (Å²) in [5.41, 5.74) is 0.0394. The van der Waals surface area contributed by atoms with E-state index in [1.807, 2.05) is 0 Å². The lowest BCUT2D eigenvalue weighted by Crippen LogP contribution is -2.17. The van der Waals surface area contributed by atoms with Gasteiger partial charge in [0.15, 0.2) is 11.6 Å². The van der Waals surface area contributed by atoms with Crippen LogP contribution in [0.2, 0.25) is 5.02 Å². The molecule has 0 radical (unpaired) electrons. The van der Waals surface area contributed by atoms with E-state index in [1.165, 1.54) is 6.07 Å². The third kappa shape index (κ3) is 2.23. The maximum absolute atomic E-state index is 12.0. The Morgan fingerprint density at radius 2 is 2.37 bits per heavy atom. The first-order valence-corrected chi connectivity index (χ1v) is 6.45. The summed E-state index contributed by atoms with van der Waals surface area (Å²) in [7, 11) is 0. The van der Waals surface area contributed by atoms with Gasteiger partial charge < -0.3 is 5.32 Å². The molecule has 1 aromatic rings. The van der Waals surface area contributed by atoms with Crippen molar-refractivity contribution in [3.63, 3.8) is 0 Å². The van der Waals surface area contributed by atoms with Crippen LogP contribution >= 0.6 is 11.6 Å². The summed E-state index contributed by atoms with van der Waals surface area (Å²) in [5, 5.41) is 10.0. The minimum atomic E-state index is -2.39. The van der Waals surface area contributed by atoms with Crippen molar-refractivity contribution in [1.29, 1.82) is 0 Å². The predicted molar refractivity (Wildman–Crippen MR) is 70.1 cm³/mol. The Hall–Kier alpha value is -1.49. The fourth-order valence-electron chi connectivity index (χ4n) is 2.35. The van der Waals surface area contributed by atoms with E-state index in [9.17, 15) is 9.59 Å². The third-order valence-corrected chi connectivity index (χ3v) is 4.11. The minimum absolute atomic E-state index is 0.0171. The maximum Gasteiger partial charge on any atom is 0.229 e. The largest absolute Gasteiger partial charge is 0.309 e. The molecule has 2 saturated carbocycles. The van der Waals surface area contributed by atoms with Gasteiger partial charge in [-0.2, -0.15) is 0 Å². The molecule has 1 atom stereocenters. The number of hydrogen-bond donors (Lipinski definition) is 1. The first-order chi connectivity index (χ1) is 10.2. The third-order valence-electron chi connectivity index (χ3n) is 3.82. The SMILES string of the molecule is [2H]C([2H])([2H])CC(=O)c1nnc(NC(=O)[C@H]2CC23CC3)cc1Cl. The molecule has 0 aromatic carbocycles. The van der Waals surface area contributed by atoms with Crippen molar-refractivity contribution in [1.82, 2.24) is 10.2 Å². The molecule has 1 N–H and O–H groups in total. The molecule has 2 fully saturated rings. The first kappa shape index (κ1) is 9.42. The number of amides is 1. The Kier molecular flexibility index (Phi) is 2.12. The average Bonchev–Trinajstić information content (AvgIpc) is 3.28. The second-order valence-electron chi connectivity index (χ2n) is 5.13. The van der Waals surface area contributed by atoms with Crippen molar-refractivity contribution in [2.75, 3.05) is 5.32 Å². The van der Waals surface area contributed by atoms with E-state index >= 15 is 0 Å². The number of Topliss-reactive ketones (excluding diaryl/α,β-unsaturated/α-hetero) is 1. The topological polar surface area (TPSA) is 72.0 Å². The zero-order valence-electron chi connectivity index (χ0n) is 13.1. The standard InChI is InChI=1S/C13H14ClN3O2/c1-2-9(18)11-8(14)5-10(16-17-11)15-12(19)7-6-13(7)3-4-13/h5,7H,2-4,6H2,1H3,(H,15,16,19)/t7-/m1/s1/i1D3. The summed E-state index contributed by atoms with van der Waals surface area (Å²) in [6, 6.07) is 1.32. The smallest absolute Gasteiger partial charge is 0.229 e. The summed E-state index contributed by atoms with van der Waals surface area (Å²) < 4.78 is 21.2. The van der Waals surface area contributed by atoms with Crippen LogP contribution in [0.4, 0.5) is 5.82 Å². The Morgan fingerprint density at radius 1 is 1.58 bits per heavy atom. The zero-order chi connectivity index (χ0) is 16.1. The molecular weight excluding hydrogens is 266 g/mol. The van der Waals surface area contributed by atoms with Crippen LogP contribution in [-0.2, 0) is 4.79 Å². The van der Waals surface area contributed by atoms with Gasteiger partial charge in [0, 0.05) is 22.5 Å². The summed E-state index contributed by atoms with van der Waals surface area (Å²) in [6.07, 6.45) is 2.45. The van der Waals surface area contributed by atoms with Crippen molar-refractivity contribution in [3.05, 3.63) is 16.8 Å². The molecular formula is C13H14ClN3O2. The number of rotatable bonds is 4. The number of halogens is 1. The van der Waals surface area contributed by atoms with E-state index in [0.717, 1.165) is 19.3 Å². The van der Waals surface area contributed by atoms with Crippen LogP contribution in [0.3, 0.4) is 0 Å². The van der Waals surface area contributed by atoms with Gasteiger partial charge in [-0.25, -0.2) is 0 Å². The molecule has 1 spiro atoms. The predicted octanol–water partition coefficient (Wildman–Crippen LogP) is 2.46. The quantitative estimate of drug-likeness (QED) is 0.861. The summed E-state index contributed by atoms with van der Waals surface area (Å²) in [4.78, 5) is 23.8. The van der Waals surface area contributed by atoms with E-state index < -0.39 is 19.1 Å². The van der Waals surface area contributed by atoms with Crippen LogP contribution < -0.4 is 5.32 Å². The fraction of sp³-hybridized carbons (Fsp3) is 0.538. The number of carbonyl (C=O) groups is 2. The number of carbonyl (C=O) groups excluding carboxylic acids is 2. The summed E-state index contributed by atoms with van der Waals surface area (Å²) in [6.45, 7) is -2.39. The Bertz CT molecular complexity index is 658. The molecule has 19 heavy (non-hydrogen) atoms. The minimum Gasteiger partial charge on any atom is -0.309 e. The van der Waals surface area contributed by atoms with E-state index in [1.54, 1.807) is 0 Å². The van der Waals surface area contributed by atoms with Crippen LogP contribution in [0.1, 0.15) is 47.1 Å². The van der Waals surface area contributed by atoms with Gasteiger partial charge in [0.2, 0.25) is 5.91 Å². The number of anilines is 1. The lowest BCUT2D eigenvalue weighted by molar-refractivity contribution is -0.117. The van der Waals surface area contributed by atoms with Crippen molar-refractivity contribution in [2.45, 2.75) is 32.5 Å². The molecule has 5 nitrogen and oxygen atoms in total. The second kappa shape index (κ2) is 4.27. The first-order valence-electron chi connectivity index (χ1n) is 7.58. The maximum atomic E-state index is 12.0. The molecule has 0 unspecified atom stereocenters. The van der Waals surface area contributed by atoms with E-state index in [0.29, 0.717) is 0 Å². The molecule has 1 heterocycles. The van der Waals surface area contributed by atoms with Crippen molar-refractivity contribution < 1.29 is 13.7 Å². The van der Waals surface area contributed by atoms with Crippen molar-refractivity contribution >= 4 is 29.1 Å². The van der Waals surface area contributed by atoms with Gasteiger partial charge in [-0.3, -0.25) is 9.59 Å². The van der Waals surface area contributed by atoms with E-state index in [2.05, 4.69) is 15.5 Å². The Labute approximate surface area is 120 Å². The highest BCUT2D eigenvalue weighted by molar-refractivity contribution is 6.33. The molecule has 0 saturated heterocycles. The monoisotopic (exact) mass is 282 g/mol. The van der Waals surface area contributed by atoms with Gasteiger partial charge in [0.05, 0.1) is 5.02 Å². The molecule has 0 aliphatic heterocycles. The van der Waals surface area contributed by atoms with Gasteiger partial charge in [-0.1, -0.05) is 18.5 Å². The van der Waals surface area contributed by atoms with Crippen LogP contribution in [0.15, 0.2) is 6.07 Å². The molecule has 3 rings (SSSR count). The summed E-state index contributed by atoms with van der Waals surface area (Å²) >= 11 is 5.94.